The molecule has 1 fully saturated rings. The summed E-state index contributed by atoms with van der Waals surface area (Å²) < 4.78 is 10.1. The van der Waals surface area contributed by atoms with E-state index >= 15 is 0 Å². The van der Waals surface area contributed by atoms with Gasteiger partial charge in [-0.2, -0.15) is 0 Å². The van der Waals surface area contributed by atoms with Crippen LogP contribution >= 0.6 is 0 Å². The predicted molar refractivity (Wildman–Crippen MR) is 105 cm³/mol. The molecule has 2 heterocycles. The number of ether oxygens (including phenoxy) is 2. The fourth-order valence-corrected chi connectivity index (χ4v) is 3.43. The van der Waals surface area contributed by atoms with Crippen molar-refractivity contribution in [1.29, 1.82) is 0 Å². The van der Waals surface area contributed by atoms with E-state index in [1.54, 1.807) is 18.7 Å². The van der Waals surface area contributed by atoms with Crippen molar-refractivity contribution in [2.45, 2.75) is 19.9 Å². The zero-order valence-electron chi connectivity index (χ0n) is 16.7. The van der Waals surface area contributed by atoms with Gasteiger partial charge in [0.2, 0.25) is 11.9 Å². The number of nitrogens with zero attached hydrogens (tertiary/aromatic N) is 3. The highest BCUT2D eigenvalue weighted by molar-refractivity contribution is 6.08. The van der Waals surface area contributed by atoms with Gasteiger partial charge in [-0.3, -0.25) is 14.9 Å². The van der Waals surface area contributed by atoms with E-state index in [-0.39, 0.29) is 12.7 Å². The predicted octanol–water partition coefficient (Wildman–Crippen LogP) is 1.17. The lowest BCUT2D eigenvalue weighted by molar-refractivity contribution is -0.153. The lowest BCUT2D eigenvalue weighted by Gasteiger charge is -2.38. The molecule has 1 aromatic rings. The molecule has 9 heteroatoms. The third-order valence-corrected chi connectivity index (χ3v) is 4.88. The standard InChI is InChI=1S/C20H26N4O5/c1-3-28-18(26)15-16(14-8-6-5-7-9-14)21-19(22-17(15)25)23-10-12-24(13-11-23)20(27)29-4-2/h5-9,15-16H,3-4,10-13H2,1-2H3,(H,21,22,25)/t15-,16-/m0/s1. The Balaban J connectivity index is 1.80. The van der Waals surface area contributed by atoms with E-state index in [1.807, 2.05) is 35.2 Å². The molecule has 3 rings (SSSR count). The van der Waals surface area contributed by atoms with Gasteiger partial charge in [0.05, 0.1) is 13.2 Å². The van der Waals surface area contributed by atoms with E-state index in [0.29, 0.717) is 38.7 Å². The van der Waals surface area contributed by atoms with Crippen molar-refractivity contribution < 1.29 is 23.9 Å². The average molecular weight is 402 g/mol. The first-order valence-corrected chi connectivity index (χ1v) is 9.82. The van der Waals surface area contributed by atoms with Gasteiger partial charge in [-0.15, -0.1) is 0 Å². The normalized spacial score (nSPS) is 21.9. The van der Waals surface area contributed by atoms with Crippen LogP contribution in [0.4, 0.5) is 4.79 Å². The molecule has 2 amide bonds. The number of benzene rings is 1. The molecule has 0 aromatic heterocycles. The average Bonchev–Trinajstić information content (AvgIpc) is 2.74. The van der Waals surface area contributed by atoms with Gasteiger partial charge in [0.15, 0.2) is 5.92 Å². The number of carbonyl (C=O) groups is 3. The lowest BCUT2D eigenvalue weighted by Crippen LogP contribution is -2.58. The SMILES string of the molecule is CCOC(=O)[C@@H]1C(=O)NC(N2CCN(C(=O)OCC)CC2)=N[C@H]1c1ccccc1. The number of carbonyl (C=O) groups excluding carboxylic acids is 3. The van der Waals surface area contributed by atoms with Crippen molar-refractivity contribution in [3.8, 4) is 0 Å². The monoisotopic (exact) mass is 402 g/mol. The summed E-state index contributed by atoms with van der Waals surface area (Å²) in [6.45, 7) is 5.92. The topological polar surface area (TPSA) is 101 Å². The Morgan fingerprint density at radius 2 is 1.72 bits per heavy atom. The van der Waals surface area contributed by atoms with E-state index in [4.69, 9.17) is 14.5 Å². The van der Waals surface area contributed by atoms with Gasteiger partial charge in [-0.1, -0.05) is 30.3 Å². The molecule has 1 aromatic carbocycles. The summed E-state index contributed by atoms with van der Waals surface area (Å²) in [5, 5.41) is 2.75. The van der Waals surface area contributed by atoms with Crippen LogP contribution in [0, 0.1) is 5.92 Å². The van der Waals surface area contributed by atoms with Crippen LogP contribution < -0.4 is 5.32 Å². The second-order valence-corrected chi connectivity index (χ2v) is 6.70. The number of nitrogens with one attached hydrogen (secondary N) is 1. The van der Waals surface area contributed by atoms with Crippen LogP contribution in [0.1, 0.15) is 25.5 Å². The fourth-order valence-electron chi connectivity index (χ4n) is 3.43. The Morgan fingerprint density at radius 3 is 2.34 bits per heavy atom. The molecule has 0 radical (unpaired) electrons. The third-order valence-electron chi connectivity index (χ3n) is 4.88. The van der Waals surface area contributed by atoms with E-state index in [0.717, 1.165) is 5.56 Å². The highest BCUT2D eigenvalue weighted by Crippen LogP contribution is 2.30. The van der Waals surface area contributed by atoms with E-state index in [2.05, 4.69) is 5.32 Å². The maximum atomic E-state index is 12.8. The second kappa shape index (κ2) is 9.40. The molecule has 0 saturated carbocycles. The highest BCUT2D eigenvalue weighted by Gasteiger charge is 2.42. The van der Waals surface area contributed by atoms with Crippen molar-refractivity contribution in [2.75, 3.05) is 39.4 Å². The van der Waals surface area contributed by atoms with Gasteiger partial charge in [0.25, 0.3) is 0 Å². The molecule has 1 N–H and O–H groups in total. The molecule has 1 saturated heterocycles. The summed E-state index contributed by atoms with van der Waals surface area (Å²) in [7, 11) is 0. The quantitative estimate of drug-likeness (QED) is 0.599. The molecule has 2 aliphatic rings. The summed E-state index contributed by atoms with van der Waals surface area (Å²) in [6.07, 6.45) is -0.341. The number of amides is 2. The zero-order valence-corrected chi connectivity index (χ0v) is 16.7. The number of aliphatic imine (C=N–C) groups is 1. The minimum Gasteiger partial charge on any atom is -0.465 e. The Bertz CT molecular complexity index is 774. The highest BCUT2D eigenvalue weighted by atomic mass is 16.6. The number of hydrogen-bond donors (Lipinski definition) is 1. The van der Waals surface area contributed by atoms with Crippen LogP contribution in [0.5, 0.6) is 0 Å². The summed E-state index contributed by atoms with van der Waals surface area (Å²) >= 11 is 0. The van der Waals surface area contributed by atoms with Crippen molar-refractivity contribution in [3.05, 3.63) is 35.9 Å². The minimum atomic E-state index is -1.04. The van der Waals surface area contributed by atoms with Gasteiger partial charge in [0.1, 0.15) is 6.04 Å². The number of guanidine groups is 1. The maximum absolute atomic E-state index is 12.8. The van der Waals surface area contributed by atoms with Gasteiger partial charge in [-0.25, -0.2) is 9.79 Å². The van der Waals surface area contributed by atoms with Crippen LogP contribution in [0.15, 0.2) is 35.3 Å². The summed E-state index contributed by atoms with van der Waals surface area (Å²) in [6, 6.07) is 8.58. The smallest absolute Gasteiger partial charge is 0.409 e. The number of esters is 1. The first kappa shape index (κ1) is 20.6. The Hall–Kier alpha value is -3.10. The molecule has 0 aliphatic carbocycles. The van der Waals surface area contributed by atoms with Crippen LogP contribution in [0.25, 0.3) is 0 Å². The molecule has 29 heavy (non-hydrogen) atoms. The van der Waals surface area contributed by atoms with Crippen molar-refractivity contribution in [2.24, 2.45) is 10.9 Å². The third kappa shape index (κ3) is 4.67. The number of rotatable bonds is 4. The molecule has 2 atom stereocenters. The lowest BCUT2D eigenvalue weighted by atomic mass is 9.91. The molecular weight excluding hydrogens is 376 g/mol. The molecular formula is C20H26N4O5. The first-order valence-electron chi connectivity index (χ1n) is 9.82. The van der Waals surface area contributed by atoms with Crippen LogP contribution in [0.2, 0.25) is 0 Å². The maximum Gasteiger partial charge on any atom is 0.409 e. The Morgan fingerprint density at radius 1 is 1.07 bits per heavy atom. The van der Waals surface area contributed by atoms with Crippen LogP contribution in [0.3, 0.4) is 0 Å². The van der Waals surface area contributed by atoms with Gasteiger partial charge in [-0.05, 0) is 19.4 Å². The molecule has 0 unspecified atom stereocenters. The fraction of sp³-hybridized carbons (Fsp3) is 0.500. The largest absolute Gasteiger partial charge is 0.465 e. The summed E-state index contributed by atoms with van der Waals surface area (Å²) in [4.78, 5) is 45.3. The van der Waals surface area contributed by atoms with Gasteiger partial charge >= 0.3 is 12.1 Å². The molecule has 0 bridgehead atoms. The zero-order chi connectivity index (χ0) is 20.8. The van der Waals surface area contributed by atoms with Gasteiger partial charge < -0.3 is 19.3 Å². The number of hydrogen-bond acceptors (Lipinski definition) is 7. The van der Waals surface area contributed by atoms with Gasteiger partial charge in [0, 0.05) is 26.2 Å². The van der Waals surface area contributed by atoms with E-state index in [1.165, 1.54) is 0 Å². The second-order valence-electron chi connectivity index (χ2n) is 6.70. The van der Waals surface area contributed by atoms with Crippen molar-refractivity contribution in [3.63, 3.8) is 0 Å². The molecule has 0 spiro atoms. The number of piperazine rings is 1. The van der Waals surface area contributed by atoms with Crippen LogP contribution in [-0.2, 0) is 19.1 Å². The Labute approximate surface area is 169 Å². The van der Waals surface area contributed by atoms with Crippen LogP contribution in [-0.4, -0.2) is 73.1 Å². The summed E-state index contributed by atoms with van der Waals surface area (Å²) in [5.74, 6) is -1.65. The minimum absolute atomic E-state index is 0.191. The Kier molecular flexibility index (Phi) is 6.69. The van der Waals surface area contributed by atoms with E-state index < -0.39 is 23.8 Å². The van der Waals surface area contributed by atoms with E-state index in [9.17, 15) is 14.4 Å². The molecule has 9 nitrogen and oxygen atoms in total. The summed E-state index contributed by atoms with van der Waals surface area (Å²) in [5.41, 5.74) is 0.767. The molecule has 156 valence electrons. The first-order chi connectivity index (χ1) is 14.0. The molecule has 2 aliphatic heterocycles. The van der Waals surface area contributed by atoms with Crippen molar-refractivity contribution in [1.82, 2.24) is 15.1 Å². The van der Waals surface area contributed by atoms with Crippen molar-refractivity contribution >= 4 is 23.9 Å².